The van der Waals surface area contributed by atoms with E-state index in [1.165, 1.54) is 22.9 Å². The zero-order chi connectivity index (χ0) is 19.3. The number of hydrogen-bond acceptors (Lipinski definition) is 6. The lowest BCUT2D eigenvalue weighted by atomic mass is 10.0. The van der Waals surface area contributed by atoms with Crippen molar-refractivity contribution in [3.63, 3.8) is 0 Å². The number of rotatable bonds is 6. The molecule has 1 aliphatic rings. The third kappa shape index (κ3) is 4.36. The van der Waals surface area contributed by atoms with E-state index in [0.717, 1.165) is 30.8 Å². The summed E-state index contributed by atoms with van der Waals surface area (Å²) in [6.07, 6.45) is 2.00. The van der Waals surface area contributed by atoms with E-state index in [2.05, 4.69) is 16.3 Å². The molecule has 4 rings (SSSR count). The van der Waals surface area contributed by atoms with Gasteiger partial charge in [0.1, 0.15) is 5.75 Å². The number of carbonyl (C=O) groups is 1. The molecule has 2 heterocycles. The molecule has 1 aliphatic heterocycles. The van der Waals surface area contributed by atoms with Crippen molar-refractivity contribution in [2.75, 3.05) is 17.2 Å². The number of aromatic nitrogens is 2. The van der Waals surface area contributed by atoms with Crippen LogP contribution in [0.4, 0.5) is 5.69 Å². The van der Waals surface area contributed by atoms with Gasteiger partial charge in [-0.1, -0.05) is 47.7 Å². The highest BCUT2D eigenvalue weighted by atomic mass is 32.2. The van der Waals surface area contributed by atoms with Crippen LogP contribution in [0.1, 0.15) is 23.4 Å². The number of anilines is 1. The van der Waals surface area contributed by atoms with Gasteiger partial charge in [-0.2, -0.15) is 0 Å². The van der Waals surface area contributed by atoms with Gasteiger partial charge in [-0.15, -0.1) is 10.2 Å². The Labute approximate surface area is 167 Å². The van der Waals surface area contributed by atoms with Crippen LogP contribution < -0.4 is 9.64 Å². The molecule has 144 valence electrons. The molecule has 0 fully saturated rings. The van der Waals surface area contributed by atoms with Gasteiger partial charge in [-0.05, 0) is 43.5 Å². The molecule has 0 unspecified atom stereocenters. The summed E-state index contributed by atoms with van der Waals surface area (Å²) in [6, 6.07) is 15.8. The molecule has 0 N–H and O–H groups in total. The number of carbonyl (C=O) groups excluding carboxylic acids is 1. The molecular weight excluding hydrogens is 374 g/mol. The molecule has 7 heteroatoms. The van der Waals surface area contributed by atoms with Gasteiger partial charge in [0.05, 0.1) is 5.75 Å². The largest absolute Gasteiger partial charge is 0.484 e. The standard InChI is InChI=1S/C21H21N3O3S/c1-15-8-10-17(11-9-15)26-13-19-22-23-21(27-19)28-14-20(25)24-12-4-6-16-5-2-3-7-18(16)24/h2-3,5,7-11H,4,6,12-14H2,1H3. The van der Waals surface area contributed by atoms with E-state index in [9.17, 15) is 4.79 Å². The van der Waals surface area contributed by atoms with Gasteiger partial charge in [0, 0.05) is 12.2 Å². The highest BCUT2D eigenvalue weighted by Gasteiger charge is 2.22. The van der Waals surface area contributed by atoms with Crippen LogP contribution in [-0.2, 0) is 17.8 Å². The Morgan fingerprint density at radius 3 is 2.86 bits per heavy atom. The molecule has 0 saturated heterocycles. The molecule has 0 aliphatic carbocycles. The Balaban J connectivity index is 1.31. The average molecular weight is 395 g/mol. The number of aryl methyl sites for hydroxylation is 2. The second-order valence-corrected chi connectivity index (χ2v) is 7.56. The number of benzene rings is 2. The lowest BCUT2D eigenvalue weighted by Gasteiger charge is -2.29. The maximum Gasteiger partial charge on any atom is 0.277 e. The van der Waals surface area contributed by atoms with E-state index >= 15 is 0 Å². The molecule has 0 radical (unpaired) electrons. The summed E-state index contributed by atoms with van der Waals surface area (Å²) in [5.41, 5.74) is 3.40. The van der Waals surface area contributed by atoms with Gasteiger partial charge in [0.2, 0.25) is 5.91 Å². The maximum absolute atomic E-state index is 12.7. The molecule has 0 atom stereocenters. The summed E-state index contributed by atoms with van der Waals surface area (Å²) in [4.78, 5) is 14.5. The third-order valence-electron chi connectivity index (χ3n) is 4.56. The molecule has 2 aromatic carbocycles. The average Bonchev–Trinajstić information content (AvgIpc) is 3.19. The lowest BCUT2D eigenvalue weighted by Crippen LogP contribution is -2.36. The van der Waals surface area contributed by atoms with Crippen molar-refractivity contribution in [1.82, 2.24) is 10.2 Å². The van der Waals surface area contributed by atoms with Crippen molar-refractivity contribution in [2.45, 2.75) is 31.6 Å². The van der Waals surface area contributed by atoms with Crippen LogP contribution in [0, 0.1) is 6.92 Å². The van der Waals surface area contributed by atoms with E-state index in [0.29, 0.717) is 11.1 Å². The molecule has 1 amide bonds. The number of amides is 1. The third-order valence-corrected chi connectivity index (χ3v) is 5.37. The van der Waals surface area contributed by atoms with Crippen molar-refractivity contribution in [1.29, 1.82) is 0 Å². The first-order valence-corrected chi connectivity index (χ1v) is 10.2. The normalized spacial score (nSPS) is 13.2. The molecule has 0 spiro atoms. The second-order valence-electron chi connectivity index (χ2n) is 6.63. The van der Waals surface area contributed by atoms with E-state index < -0.39 is 0 Å². The molecule has 6 nitrogen and oxygen atoms in total. The monoisotopic (exact) mass is 395 g/mol. The molecule has 28 heavy (non-hydrogen) atoms. The van der Waals surface area contributed by atoms with E-state index in [4.69, 9.17) is 9.15 Å². The van der Waals surface area contributed by atoms with E-state index in [1.807, 2.05) is 54.3 Å². The first kappa shape index (κ1) is 18.6. The first-order chi connectivity index (χ1) is 13.7. The van der Waals surface area contributed by atoms with Gasteiger partial charge < -0.3 is 14.1 Å². The Bertz CT molecular complexity index is 956. The smallest absolute Gasteiger partial charge is 0.277 e. The lowest BCUT2D eigenvalue weighted by molar-refractivity contribution is -0.116. The van der Waals surface area contributed by atoms with Gasteiger partial charge in [0.25, 0.3) is 11.1 Å². The minimum Gasteiger partial charge on any atom is -0.484 e. The van der Waals surface area contributed by atoms with Crippen LogP contribution in [0.3, 0.4) is 0 Å². The Kier molecular flexibility index (Phi) is 5.62. The molecule has 0 saturated carbocycles. The zero-order valence-corrected chi connectivity index (χ0v) is 16.4. The summed E-state index contributed by atoms with van der Waals surface area (Å²) < 4.78 is 11.2. The number of fused-ring (bicyclic) bond motifs is 1. The van der Waals surface area contributed by atoms with Crippen molar-refractivity contribution in [3.05, 3.63) is 65.5 Å². The quantitative estimate of drug-likeness (QED) is 0.587. The summed E-state index contributed by atoms with van der Waals surface area (Å²) in [5, 5.41) is 8.36. The predicted molar refractivity (Wildman–Crippen MR) is 108 cm³/mol. The van der Waals surface area contributed by atoms with Crippen LogP contribution in [0.5, 0.6) is 5.75 Å². The minimum absolute atomic E-state index is 0.0489. The van der Waals surface area contributed by atoms with Gasteiger partial charge >= 0.3 is 0 Å². The summed E-state index contributed by atoms with van der Waals surface area (Å²) in [7, 11) is 0. The fourth-order valence-corrected chi connectivity index (χ4v) is 3.78. The minimum atomic E-state index is 0.0489. The summed E-state index contributed by atoms with van der Waals surface area (Å²) in [5.74, 6) is 1.44. The summed E-state index contributed by atoms with van der Waals surface area (Å²) in [6.45, 7) is 2.97. The number of ether oxygens (including phenoxy) is 1. The SMILES string of the molecule is Cc1ccc(OCc2nnc(SCC(=O)N3CCCc4ccccc43)o2)cc1. The Morgan fingerprint density at radius 2 is 2.00 bits per heavy atom. The number of para-hydroxylation sites is 1. The Morgan fingerprint density at radius 1 is 1.18 bits per heavy atom. The van der Waals surface area contributed by atoms with Crippen molar-refractivity contribution in [2.24, 2.45) is 0 Å². The van der Waals surface area contributed by atoms with Gasteiger partial charge in [0.15, 0.2) is 6.61 Å². The van der Waals surface area contributed by atoms with Crippen LogP contribution in [0.15, 0.2) is 58.2 Å². The van der Waals surface area contributed by atoms with Crippen LogP contribution in [-0.4, -0.2) is 28.4 Å². The fourth-order valence-electron chi connectivity index (χ4n) is 3.13. The first-order valence-electron chi connectivity index (χ1n) is 9.22. The van der Waals surface area contributed by atoms with Gasteiger partial charge in [-0.25, -0.2) is 0 Å². The number of thioether (sulfide) groups is 1. The highest BCUT2D eigenvalue weighted by molar-refractivity contribution is 7.99. The maximum atomic E-state index is 12.7. The highest BCUT2D eigenvalue weighted by Crippen LogP contribution is 2.28. The van der Waals surface area contributed by atoms with Crippen LogP contribution in [0.25, 0.3) is 0 Å². The van der Waals surface area contributed by atoms with Crippen LogP contribution >= 0.6 is 11.8 Å². The zero-order valence-electron chi connectivity index (χ0n) is 15.6. The second kappa shape index (κ2) is 8.48. The van der Waals surface area contributed by atoms with E-state index in [1.54, 1.807) is 0 Å². The molecule has 1 aromatic heterocycles. The van der Waals surface area contributed by atoms with E-state index in [-0.39, 0.29) is 18.3 Å². The molecule has 3 aromatic rings. The van der Waals surface area contributed by atoms with Crippen LogP contribution in [0.2, 0.25) is 0 Å². The van der Waals surface area contributed by atoms with Crippen molar-refractivity contribution >= 4 is 23.4 Å². The summed E-state index contributed by atoms with van der Waals surface area (Å²) >= 11 is 1.25. The molecule has 0 bridgehead atoms. The predicted octanol–water partition coefficient (Wildman–Crippen LogP) is 4.03. The van der Waals surface area contributed by atoms with Crippen molar-refractivity contribution in [3.8, 4) is 5.75 Å². The molecular formula is C21H21N3O3S. The van der Waals surface area contributed by atoms with Crippen molar-refractivity contribution < 1.29 is 13.9 Å². The number of nitrogens with zero attached hydrogens (tertiary/aromatic N) is 3. The number of hydrogen-bond donors (Lipinski definition) is 0. The Hall–Kier alpha value is -2.80. The topological polar surface area (TPSA) is 68.5 Å². The fraction of sp³-hybridized carbons (Fsp3) is 0.286. The van der Waals surface area contributed by atoms with Gasteiger partial charge in [-0.3, -0.25) is 4.79 Å².